The molecule has 1 fully saturated rings. The summed E-state index contributed by atoms with van der Waals surface area (Å²) in [7, 11) is 0. The summed E-state index contributed by atoms with van der Waals surface area (Å²) in [5.74, 6) is -1.29. The average molecular weight is 318 g/mol. The highest BCUT2D eigenvalue weighted by atomic mass is 79.9. The van der Waals surface area contributed by atoms with Gasteiger partial charge >= 0.3 is 5.97 Å². The number of piperidine rings is 1. The summed E-state index contributed by atoms with van der Waals surface area (Å²) >= 11 is 4.69. The smallest absolute Gasteiger partial charge is 0.308 e. The van der Waals surface area contributed by atoms with E-state index in [-0.39, 0.29) is 5.91 Å². The van der Waals surface area contributed by atoms with Gasteiger partial charge in [0.1, 0.15) is 0 Å². The molecule has 1 aliphatic rings. The van der Waals surface area contributed by atoms with Crippen molar-refractivity contribution in [1.29, 1.82) is 0 Å². The molecule has 0 bridgehead atoms. The SMILES string of the molecule is O=C(O)[C@@H]1CCCN(C(=O)c2ccc(Br)s2)C1. The number of amides is 1. The van der Waals surface area contributed by atoms with Crippen molar-refractivity contribution in [2.24, 2.45) is 5.92 Å². The van der Waals surface area contributed by atoms with E-state index < -0.39 is 11.9 Å². The Morgan fingerprint density at radius 2 is 2.24 bits per heavy atom. The Bertz CT molecular complexity index is 446. The van der Waals surface area contributed by atoms with Gasteiger partial charge in [-0.1, -0.05) is 0 Å². The maximum Gasteiger partial charge on any atom is 0.308 e. The molecule has 17 heavy (non-hydrogen) atoms. The first-order valence-electron chi connectivity index (χ1n) is 5.35. The van der Waals surface area contributed by atoms with Gasteiger partial charge in [0.25, 0.3) is 5.91 Å². The molecule has 1 amide bonds. The molecule has 1 aromatic heterocycles. The lowest BCUT2D eigenvalue weighted by atomic mass is 9.98. The molecule has 2 heterocycles. The fraction of sp³-hybridized carbons (Fsp3) is 0.455. The monoisotopic (exact) mass is 317 g/mol. The third-order valence-electron chi connectivity index (χ3n) is 2.84. The number of halogens is 1. The maximum absolute atomic E-state index is 12.1. The van der Waals surface area contributed by atoms with Crippen molar-refractivity contribution in [3.05, 3.63) is 20.8 Å². The molecule has 1 atom stereocenters. The number of aliphatic carboxylic acids is 1. The van der Waals surface area contributed by atoms with Crippen molar-refractivity contribution in [3.63, 3.8) is 0 Å². The van der Waals surface area contributed by atoms with E-state index in [1.807, 2.05) is 6.07 Å². The van der Waals surface area contributed by atoms with Crippen molar-refractivity contribution in [2.75, 3.05) is 13.1 Å². The van der Waals surface area contributed by atoms with E-state index in [0.717, 1.165) is 10.2 Å². The van der Waals surface area contributed by atoms with E-state index in [0.29, 0.717) is 24.4 Å². The van der Waals surface area contributed by atoms with E-state index in [4.69, 9.17) is 5.11 Å². The molecule has 1 N–H and O–H groups in total. The lowest BCUT2D eigenvalue weighted by molar-refractivity contribution is -0.143. The highest BCUT2D eigenvalue weighted by molar-refractivity contribution is 9.11. The second-order valence-corrected chi connectivity index (χ2v) is 6.50. The predicted octanol–water partition coefficient (Wildman–Crippen LogP) is 2.45. The number of carboxylic acids is 1. The number of hydrogen-bond acceptors (Lipinski definition) is 3. The van der Waals surface area contributed by atoms with Gasteiger partial charge in [0.2, 0.25) is 0 Å². The largest absolute Gasteiger partial charge is 0.481 e. The van der Waals surface area contributed by atoms with Gasteiger partial charge in [-0.05, 0) is 40.9 Å². The third-order valence-corrected chi connectivity index (χ3v) is 4.45. The molecule has 1 saturated heterocycles. The van der Waals surface area contributed by atoms with Gasteiger partial charge < -0.3 is 10.0 Å². The number of rotatable bonds is 2. The number of hydrogen-bond donors (Lipinski definition) is 1. The molecule has 1 aromatic rings. The van der Waals surface area contributed by atoms with Crippen LogP contribution in [0.15, 0.2) is 15.9 Å². The van der Waals surface area contributed by atoms with E-state index in [9.17, 15) is 9.59 Å². The number of nitrogens with zero attached hydrogens (tertiary/aromatic N) is 1. The van der Waals surface area contributed by atoms with Crippen LogP contribution < -0.4 is 0 Å². The van der Waals surface area contributed by atoms with Gasteiger partial charge in [0, 0.05) is 13.1 Å². The lowest BCUT2D eigenvalue weighted by Gasteiger charge is -2.30. The standard InChI is InChI=1S/C11H12BrNO3S/c12-9-4-3-8(17-9)10(14)13-5-1-2-7(6-13)11(15)16/h3-4,7H,1-2,5-6H2,(H,15,16)/t7-/m1/s1. The molecule has 2 rings (SSSR count). The van der Waals surface area contributed by atoms with Crippen molar-refractivity contribution < 1.29 is 14.7 Å². The lowest BCUT2D eigenvalue weighted by Crippen LogP contribution is -2.42. The van der Waals surface area contributed by atoms with Crippen LogP contribution in [0.25, 0.3) is 0 Å². The van der Waals surface area contributed by atoms with Crippen LogP contribution >= 0.6 is 27.3 Å². The third kappa shape index (κ3) is 2.87. The topological polar surface area (TPSA) is 57.6 Å². The first-order valence-corrected chi connectivity index (χ1v) is 6.96. The summed E-state index contributed by atoms with van der Waals surface area (Å²) in [5, 5.41) is 8.97. The summed E-state index contributed by atoms with van der Waals surface area (Å²) in [4.78, 5) is 25.3. The number of carbonyl (C=O) groups is 2. The van der Waals surface area contributed by atoms with Gasteiger partial charge in [0.05, 0.1) is 14.6 Å². The van der Waals surface area contributed by atoms with E-state index >= 15 is 0 Å². The predicted molar refractivity (Wildman–Crippen MR) is 68.3 cm³/mol. The fourth-order valence-electron chi connectivity index (χ4n) is 1.95. The molecule has 0 saturated carbocycles. The summed E-state index contributed by atoms with van der Waals surface area (Å²) < 4.78 is 0.910. The molecule has 0 spiro atoms. The van der Waals surface area contributed by atoms with E-state index in [1.165, 1.54) is 11.3 Å². The molecule has 0 aromatic carbocycles. The fourth-order valence-corrected chi connectivity index (χ4v) is 3.30. The normalized spacial score (nSPS) is 20.3. The number of likely N-dealkylation sites (tertiary alicyclic amines) is 1. The summed E-state index contributed by atoms with van der Waals surface area (Å²) in [5.41, 5.74) is 0. The highest BCUT2D eigenvalue weighted by Crippen LogP contribution is 2.25. The Kier molecular flexibility index (Phi) is 3.83. The quantitative estimate of drug-likeness (QED) is 0.911. The van der Waals surface area contributed by atoms with Crippen molar-refractivity contribution >= 4 is 39.1 Å². The second kappa shape index (κ2) is 5.18. The molecule has 4 nitrogen and oxygen atoms in total. The minimum absolute atomic E-state index is 0.0633. The first-order chi connectivity index (χ1) is 8.08. The van der Waals surface area contributed by atoms with Gasteiger partial charge in [0.15, 0.2) is 0 Å². The van der Waals surface area contributed by atoms with Crippen LogP contribution in [0.1, 0.15) is 22.5 Å². The van der Waals surface area contributed by atoms with Crippen LogP contribution in [0, 0.1) is 5.92 Å². The zero-order valence-electron chi connectivity index (χ0n) is 9.06. The maximum atomic E-state index is 12.1. The Balaban J connectivity index is 2.07. The Hall–Kier alpha value is -0.880. The molecule has 6 heteroatoms. The van der Waals surface area contributed by atoms with Crippen LogP contribution in [-0.2, 0) is 4.79 Å². The molecular weight excluding hydrogens is 306 g/mol. The number of carboxylic acid groups (broad SMARTS) is 1. The van der Waals surface area contributed by atoms with Crippen LogP contribution in [0.4, 0.5) is 0 Å². The van der Waals surface area contributed by atoms with Gasteiger partial charge in [-0.2, -0.15) is 0 Å². The van der Waals surface area contributed by atoms with Crippen LogP contribution in [0.5, 0.6) is 0 Å². The number of thiophene rings is 1. The molecule has 1 aliphatic heterocycles. The van der Waals surface area contributed by atoms with Crippen LogP contribution in [-0.4, -0.2) is 35.0 Å². The Morgan fingerprint density at radius 3 is 2.82 bits per heavy atom. The minimum Gasteiger partial charge on any atom is -0.481 e. The number of carbonyl (C=O) groups excluding carboxylic acids is 1. The Morgan fingerprint density at radius 1 is 1.47 bits per heavy atom. The Labute approximate surface area is 111 Å². The van der Waals surface area contributed by atoms with E-state index in [2.05, 4.69) is 15.9 Å². The molecule has 92 valence electrons. The zero-order valence-corrected chi connectivity index (χ0v) is 11.5. The molecular formula is C11H12BrNO3S. The van der Waals surface area contributed by atoms with Crippen LogP contribution in [0.3, 0.4) is 0 Å². The molecule has 0 radical (unpaired) electrons. The second-order valence-electron chi connectivity index (χ2n) is 4.03. The zero-order chi connectivity index (χ0) is 12.4. The summed E-state index contributed by atoms with van der Waals surface area (Å²) in [6, 6.07) is 3.60. The van der Waals surface area contributed by atoms with Gasteiger partial charge in [-0.25, -0.2) is 0 Å². The van der Waals surface area contributed by atoms with E-state index in [1.54, 1.807) is 11.0 Å². The van der Waals surface area contributed by atoms with Gasteiger partial charge in [-0.15, -0.1) is 11.3 Å². The van der Waals surface area contributed by atoms with Gasteiger partial charge in [-0.3, -0.25) is 9.59 Å². The first kappa shape index (κ1) is 12.6. The summed E-state index contributed by atoms with van der Waals surface area (Å²) in [6.45, 7) is 0.974. The van der Waals surface area contributed by atoms with Crippen molar-refractivity contribution in [1.82, 2.24) is 4.90 Å². The average Bonchev–Trinajstić information content (AvgIpc) is 2.75. The molecule has 0 aliphatic carbocycles. The van der Waals surface area contributed by atoms with Crippen LogP contribution in [0.2, 0.25) is 0 Å². The van der Waals surface area contributed by atoms with Crippen molar-refractivity contribution in [3.8, 4) is 0 Å². The molecule has 0 unspecified atom stereocenters. The highest BCUT2D eigenvalue weighted by Gasteiger charge is 2.29. The van der Waals surface area contributed by atoms with Crippen molar-refractivity contribution in [2.45, 2.75) is 12.8 Å². The minimum atomic E-state index is -0.810. The summed E-state index contributed by atoms with van der Waals surface area (Å²) in [6.07, 6.45) is 1.42.